The summed E-state index contributed by atoms with van der Waals surface area (Å²) in [7, 11) is 1.59. The molecule has 7 nitrogen and oxygen atoms in total. The largest absolute Gasteiger partial charge is 0.624 e. The number of aromatic nitrogens is 1. The number of nitrogens with zero attached hydrogens (tertiary/aromatic N) is 3. The summed E-state index contributed by atoms with van der Waals surface area (Å²) in [6.45, 7) is 8.20. The third-order valence-electron chi connectivity index (χ3n) is 4.61. The highest BCUT2D eigenvalue weighted by Crippen LogP contribution is 2.37. The van der Waals surface area contributed by atoms with Crippen molar-refractivity contribution < 1.29 is 19.3 Å². The Morgan fingerprint density at radius 2 is 2.08 bits per heavy atom. The van der Waals surface area contributed by atoms with E-state index in [1.54, 1.807) is 13.2 Å². The van der Waals surface area contributed by atoms with Gasteiger partial charge in [0, 0.05) is 25.6 Å². The Morgan fingerprint density at radius 3 is 2.65 bits per heavy atom. The highest BCUT2D eigenvalue weighted by molar-refractivity contribution is 5.88. The minimum absolute atomic E-state index is 0.00325. The molecule has 1 aliphatic rings. The van der Waals surface area contributed by atoms with Gasteiger partial charge in [-0.05, 0) is 32.6 Å². The van der Waals surface area contributed by atoms with Gasteiger partial charge in [-0.15, -0.1) is 0 Å². The molecule has 0 radical (unpaired) electrons. The molecule has 2 heterocycles. The lowest BCUT2D eigenvalue weighted by Gasteiger charge is -2.45. The quantitative estimate of drug-likeness (QED) is 0.565. The molecular weight excluding hydrogens is 334 g/mol. The lowest BCUT2D eigenvalue weighted by Crippen LogP contribution is -2.57. The van der Waals surface area contributed by atoms with E-state index in [9.17, 15) is 10.0 Å². The van der Waals surface area contributed by atoms with Crippen molar-refractivity contribution >= 4 is 11.8 Å². The number of anilines is 1. The Kier molecular flexibility index (Phi) is 6.60. The smallest absolute Gasteiger partial charge is 0.424 e. The van der Waals surface area contributed by atoms with Crippen LogP contribution in [0.1, 0.15) is 51.7 Å². The summed E-state index contributed by atoms with van der Waals surface area (Å²) in [5, 5.41) is 22.3. The normalized spacial score (nSPS) is 20.0. The number of pyridine rings is 1. The van der Waals surface area contributed by atoms with Gasteiger partial charge in [0.25, 0.3) is 0 Å². The highest BCUT2D eigenvalue weighted by atomic mass is 16.6. The van der Waals surface area contributed by atoms with Gasteiger partial charge in [-0.3, -0.25) is 4.65 Å². The van der Waals surface area contributed by atoms with Crippen LogP contribution in [-0.4, -0.2) is 47.1 Å². The predicted molar refractivity (Wildman–Crippen MR) is 101 cm³/mol. The van der Waals surface area contributed by atoms with E-state index in [4.69, 9.17) is 9.84 Å². The molecule has 0 aliphatic carbocycles. The van der Waals surface area contributed by atoms with Crippen LogP contribution in [0.3, 0.4) is 0 Å². The second-order valence-corrected chi connectivity index (χ2v) is 7.69. The molecule has 2 amide bonds. The minimum atomic E-state index is -0.994. The first-order valence-electron chi connectivity index (χ1n) is 9.34. The maximum atomic E-state index is 13.2. The average molecular weight is 365 g/mol. The Morgan fingerprint density at radius 1 is 1.38 bits per heavy atom. The molecule has 7 heteroatoms. The number of ether oxygens (including phenoxy) is 1. The van der Waals surface area contributed by atoms with Crippen molar-refractivity contribution in [2.75, 3.05) is 25.1 Å². The number of rotatable bonds is 8. The number of urea groups is 1. The van der Waals surface area contributed by atoms with Gasteiger partial charge >= 0.3 is 6.03 Å². The number of quaternary nitrogens is 1. The first kappa shape index (κ1) is 20.6. The molecule has 26 heavy (non-hydrogen) atoms. The molecule has 1 aromatic rings. The molecule has 0 saturated heterocycles. The number of carbonyl (C=O) groups is 1. The summed E-state index contributed by atoms with van der Waals surface area (Å²) >= 11 is 0. The van der Waals surface area contributed by atoms with E-state index in [-0.39, 0.29) is 32.2 Å². The van der Waals surface area contributed by atoms with E-state index in [0.29, 0.717) is 17.5 Å². The van der Waals surface area contributed by atoms with Gasteiger partial charge in [-0.1, -0.05) is 13.8 Å². The molecule has 1 atom stereocenters. The Bertz CT molecular complexity index is 648. The minimum Gasteiger partial charge on any atom is -0.624 e. The lowest BCUT2D eigenvalue weighted by molar-refractivity contribution is -0.813. The Labute approximate surface area is 155 Å². The van der Waals surface area contributed by atoms with Gasteiger partial charge < -0.3 is 15.1 Å². The number of hydrogen-bond acceptors (Lipinski definition) is 5. The second kappa shape index (κ2) is 8.33. The molecule has 0 bridgehead atoms. The van der Waals surface area contributed by atoms with E-state index < -0.39 is 10.7 Å². The molecule has 0 fully saturated rings. The van der Waals surface area contributed by atoms with Gasteiger partial charge in [0.1, 0.15) is 18.1 Å². The summed E-state index contributed by atoms with van der Waals surface area (Å²) in [4.78, 5) is 18.4. The van der Waals surface area contributed by atoms with E-state index in [1.807, 2.05) is 13.8 Å². The maximum absolute atomic E-state index is 13.2. The summed E-state index contributed by atoms with van der Waals surface area (Å²) in [5.74, 6) is 1.74. The molecule has 2 rings (SSSR count). The number of aliphatic hydroxyl groups excluding tert-OH is 1. The average Bonchev–Trinajstić information content (AvgIpc) is 2.56. The van der Waals surface area contributed by atoms with E-state index in [0.717, 1.165) is 24.0 Å². The summed E-state index contributed by atoms with van der Waals surface area (Å²) in [6, 6.07) is -0.536. The molecular formula is C19H31N3O4. The molecule has 0 aromatic carbocycles. The summed E-state index contributed by atoms with van der Waals surface area (Å²) in [6.07, 6.45) is 3.67. The third kappa shape index (κ3) is 4.34. The molecule has 1 unspecified atom stereocenters. The monoisotopic (exact) mass is 365 g/mol. The fourth-order valence-electron chi connectivity index (χ4n) is 3.26. The highest BCUT2D eigenvalue weighted by Gasteiger charge is 2.40. The first-order chi connectivity index (χ1) is 12.2. The zero-order valence-corrected chi connectivity index (χ0v) is 16.5. The first-order valence-corrected chi connectivity index (χ1v) is 9.34. The summed E-state index contributed by atoms with van der Waals surface area (Å²) in [5.41, 5.74) is 1.76. The molecule has 0 saturated carbocycles. The van der Waals surface area contributed by atoms with Crippen molar-refractivity contribution in [1.29, 1.82) is 0 Å². The third-order valence-corrected chi connectivity index (χ3v) is 4.61. The van der Waals surface area contributed by atoms with Crippen LogP contribution in [-0.2, 0) is 13.0 Å². The van der Waals surface area contributed by atoms with Crippen molar-refractivity contribution in [2.24, 2.45) is 5.92 Å². The molecule has 1 N–H and O–H groups in total. The number of aliphatic hydroxyl groups is 1. The number of fused-ring (bicyclic) bond motifs is 1. The topological polar surface area (TPSA) is 85.7 Å². The van der Waals surface area contributed by atoms with Crippen LogP contribution in [0.25, 0.3) is 0 Å². The van der Waals surface area contributed by atoms with Crippen molar-refractivity contribution in [3.05, 3.63) is 22.5 Å². The molecule has 1 aliphatic heterocycles. The van der Waals surface area contributed by atoms with Crippen LogP contribution in [0.2, 0.25) is 0 Å². The predicted octanol–water partition coefficient (Wildman–Crippen LogP) is 3.22. The Balaban J connectivity index is 2.50. The fourth-order valence-corrected chi connectivity index (χ4v) is 3.26. The number of hydroxylamine groups is 3. The van der Waals surface area contributed by atoms with Crippen LogP contribution in [0.15, 0.2) is 6.20 Å². The van der Waals surface area contributed by atoms with Crippen LogP contribution in [0.4, 0.5) is 10.6 Å². The number of hydrogen-bond donors (Lipinski definition) is 1. The van der Waals surface area contributed by atoms with Crippen LogP contribution in [0.5, 0.6) is 5.75 Å². The Hall–Kier alpha value is -1.70. The van der Waals surface area contributed by atoms with E-state index in [2.05, 4.69) is 18.8 Å². The van der Waals surface area contributed by atoms with E-state index >= 15 is 0 Å². The number of carbonyl (C=O) groups excluding carboxylic acids is 1. The van der Waals surface area contributed by atoms with Crippen LogP contribution < -0.4 is 9.64 Å². The zero-order chi connectivity index (χ0) is 19.5. The molecule has 146 valence electrons. The van der Waals surface area contributed by atoms with Crippen molar-refractivity contribution in [2.45, 2.75) is 59.6 Å². The van der Waals surface area contributed by atoms with Crippen molar-refractivity contribution in [1.82, 2.24) is 4.98 Å². The second-order valence-electron chi connectivity index (χ2n) is 7.69. The van der Waals surface area contributed by atoms with Crippen LogP contribution in [0, 0.1) is 11.1 Å². The van der Waals surface area contributed by atoms with E-state index in [1.165, 1.54) is 4.90 Å². The van der Waals surface area contributed by atoms with Gasteiger partial charge in [-0.2, -0.15) is 0 Å². The zero-order valence-electron chi connectivity index (χ0n) is 16.5. The van der Waals surface area contributed by atoms with Crippen LogP contribution >= 0.6 is 0 Å². The lowest BCUT2D eigenvalue weighted by atomic mass is 9.97. The summed E-state index contributed by atoms with van der Waals surface area (Å²) < 4.78 is 4.95. The SMILES string of the molecule is CC(C)CCc1c(OC(C)C)cnc2c1C[N+]([O-])(CCCO)C(=O)N2C. The molecule has 0 spiro atoms. The molecule has 1 aromatic heterocycles. The van der Waals surface area contributed by atoms with Crippen molar-refractivity contribution in [3.63, 3.8) is 0 Å². The van der Waals surface area contributed by atoms with Gasteiger partial charge in [0.15, 0.2) is 0 Å². The fraction of sp³-hybridized carbons (Fsp3) is 0.684. The van der Waals surface area contributed by atoms with Gasteiger partial charge in [-0.25, -0.2) is 14.7 Å². The maximum Gasteiger partial charge on any atom is 0.424 e. The number of amides is 2. The van der Waals surface area contributed by atoms with Gasteiger partial charge in [0.2, 0.25) is 0 Å². The standard InChI is InChI=1S/C19H31N3O4/c1-13(2)7-8-15-16-12-22(25,9-6-10-23)19(24)21(5)18(16)20-11-17(15)26-14(3)4/h11,13-14,23H,6-10,12H2,1-5H3. The van der Waals surface area contributed by atoms with Gasteiger partial charge in [0.05, 0.1) is 24.4 Å². The van der Waals surface area contributed by atoms with Crippen molar-refractivity contribution in [3.8, 4) is 5.75 Å².